The normalized spacial score (nSPS) is 38.4. The molecule has 0 aromatic carbocycles. The van der Waals surface area contributed by atoms with Crippen LogP contribution in [0.15, 0.2) is 5.16 Å². The van der Waals surface area contributed by atoms with Gasteiger partial charge in [-0.1, -0.05) is 12.1 Å². The number of rotatable bonds is 0. The van der Waals surface area contributed by atoms with E-state index in [4.69, 9.17) is 5.21 Å². The van der Waals surface area contributed by atoms with Crippen molar-refractivity contribution in [2.45, 2.75) is 13.3 Å². The Morgan fingerprint density at radius 3 is 2.90 bits per heavy atom. The lowest BCUT2D eigenvalue weighted by atomic mass is 9.98. The van der Waals surface area contributed by atoms with Crippen molar-refractivity contribution in [3.05, 3.63) is 0 Å². The fourth-order valence-corrected chi connectivity index (χ4v) is 1.48. The zero-order valence-electron chi connectivity index (χ0n) is 6.59. The van der Waals surface area contributed by atoms with Crippen molar-refractivity contribution in [1.82, 2.24) is 0 Å². The standard InChI is InChI=1S/C7H14N2O/c1-6-5-9(2)4-3-7(6)8-10/h6,10H,3-5H2,1-2H3/p+1/b8-7+/t6-/m1/s1. The molecular weight excluding hydrogens is 128 g/mol. The quantitative estimate of drug-likeness (QED) is 0.344. The molecule has 0 bridgehead atoms. The van der Waals surface area contributed by atoms with E-state index in [2.05, 4.69) is 19.1 Å². The second kappa shape index (κ2) is 3.01. The van der Waals surface area contributed by atoms with Crippen LogP contribution in [0.5, 0.6) is 0 Å². The zero-order chi connectivity index (χ0) is 7.56. The molecule has 1 aliphatic heterocycles. The molecule has 3 heteroatoms. The summed E-state index contributed by atoms with van der Waals surface area (Å²) in [5.41, 5.74) is 0.964. The molecule has 1 fully saturated rings. The first-order valence-electron chi connectivity index (χ1n) is 3.76. The molecular formula is C7H15N2O+. The highest BCUT2D eigenvalue weighted by Crippen LogP contribution is 2.02. The van der Waals surface area contributed by atoms with Gasteiger partial charge in [0, 0.05) is 12.3 Å². The fraction of sp³-hybridized carbons (Fsp3) is 0.857. The van der Waals surface area contributed by atoms with E-state index < -0.39 is 0 Å². The van der Waals surface area contributed by atoms with Crippen molar-refractivity contribution in [2.24, 2.45) is 11.1 Å². The maximum Gasteiger partial charge on any atom is 0.0849 e. The van der Waals surface area contributed by atoms with Gasteiger partial charge in [-0.3, -0.25) is 0 Å². The molecule has 1 unspecified atom stereocenters. The van der Waals surface area contributed by atoms with E-state index >= 15 is 0 Å². The van der Waals surface area contributed by atoms with Crippen LogP contribution in [-0.2, 0) is 0 Å². The molecule has 0 radical (unpaired) electrons. The monoisotopic (exact) mass is 143 g/mol. The minimum Gasteiger partial charge on any atom is -0.411 e. The highest BCUT2D eigenvalue weighted by Gasteiger charge is 2.22. The Bertz CT molecular complexity index is 145. The van der Waals surface area contributed by atoms with Gasteiger partial charge >= 0.3 is 0 Å². The van der Waals surface area contributed by atoms with Crippen LogP contribution in [0, 0.1) is 5.92 Å². The molecule has 0 spiro atoms. The van der Waals surface area contributed by atoms with E-state index in [1.165, 1.54) is 4.90 Å². The lowest BCUT2D eigenvalue weighted by Crippen LogP contribution is -3.11. The topological polar surface area (TPSA) is 37.0 Å². The van der Waals surface area contributed by atoms with Crippen molar-refractivity contribution < 1.29 is 10.1 Å². The third kappa shape index (κ3) is 1.48. The second-order valence-electron chi connectivity index (χ2n) is 3.15. The smallest absolute Gasteiger partial charge is 0.0849 e. The third-order valence-electron chi connectivity index (χ3n) is 2.16. The molecule has 1 rings (SSSR count). The summed E-state index contributed by atoms with van der Waals surface area (Å²) in [6.45, 7) is 4.31. The van der Waals surface area contributed by atoms with Gasteiger partial charge in [-0.15, -0.1) is 0 Å². The third-order valence-corrected chi connectivity index (χ3v) is 2.16. The van der Waals surface area contributed by atoms with Crippen LogP contribution < -0.4 is 4.90 Å². The van der Waals surface area contributed by atoms with Crippen molar-refractivity contribution >= 4 is 5.71 Å². The average molecular weight is 143 g/mol. The lowest BCUT2D eigenvalue weighted by Gasteiger charge is -2.24. The van der Waals surface area contributed by atoms with Crippen molar-refractivity contribution in [1.29, 1.82) is 0 Å². The molecule has 0 amide bonds. The number of hydrogen-bond donors (Lipinski definition) is 2. The first-order chi connectivity index (χ1) is 4.74. The molecule has 0 aromatic rings. The van der Waals surface area contributed by atoms with E-state index in [9.17, 15) is 0 Å². The first-order valence-corrected chi connectivity index (χ1v) is 3.76. The van der Waals surface area contributed by atoms with Crippen LogP contribution in [0.25, 0.3) is 0 Å². The number of piperidine rings is 1. The van der Waals surface area contributed by atoms with E-state index in [1.54, 1.807) is 0 Å². The predicted molar refractivity (Wildman–Crippen MR) is 39.6 cm³/mol. The Morgan fingerprint density at radius 2 is 2.40 bits per heavy atom. The minimum atomic E-state index is 0.457. The SMILES string of the molecule is C[C@@H]1C[NH+](C)CC/C1=N\O. The van der Waals surface area contributed by atoms with Gasteiger partial charge in [-0.2, -0.15) is 0 Å². The van der Waals surface area contributed by atoms with Gasteiger partial charge in [0.05, 0.1) is 25.8 Å². The molecule has 2 atom stereocenters. The van der Waals surface area contributed by atoms with Crippen LogP contribution in [0.1, 0.15) is 13.3 Å². The fourth-order valence-electron chi connectivity index (χ4n) is 1.48. The highest BCUT2D eigenvalue weighted by molar-refractivity contribution is 5.86. The van der Waals surface area contributed by atoms with Gasteiger partial charge in [0.25, 0.3) is 0 Å². The Balaban J connectivity index is 2.52. The Kier molecular flexibility index (Phi) is 2.27. The highest BCUT2D eigenvalue weighted by atomic mass is 16.4. The van der Waals surface area contributed by atoms with Crippen molar-refractivity contribution in [2.75, 3.05) is 20.1 Å². The van der Waals surface area contributed by atoms with Gasteiger partial charge in [0.15, 0.2) is 0 Å². The van der Waals surface area contributed by atoms with Crippen LogP contribution in [0.2, 0.25) is 0 Å². The van der Waals surface area contributed by atoms with Gasteiger partial charge in [0.2, 0.25) is 0 Å². The van der Waals surface area contributed by atoms with Gasteiger partial charge in [0.1, 0.15) is 0 Å². The van der Waals surface area contributed by atoms with Crippen molar-refractivity contribution in [3.8, 4) is 0 Å². The number of oxime groups is 1. The lowest BCUT2D eigenvalue weighted by molar-refractivity contribution is -0.883. The number of quaternary nitrogens is 1. The maximum absolute atomic E-state index is 8.53. The van der Waals surface area contributed by atoms with Crippen LogP contribution in [0.3, 0.4) is 0 Å². The number of likely N-dealkylation sites (tertiary alicyclic amines) is 1. The minimum absolute atomic E-state index is 0.457. The van der Waals surface area contributed by atoms with E-state index in [0.29, 0.717) is 5.92 Å². The van der Waals surface area contributed by atoms with E-state index in [-0.39, 0.29) is 0 Å². The summed E-state index contributed by atoms with van der Waals surface area (Å²) in [5, 5.41) is 11.8. The molecule has 58 valence electrons. The molecule has 0 aromatic heterocycles. The second-order valence-corrected chi connectivity index (χ2v) is 3.15. The summed E-state index contributed by atoms with van der Waals surface area (Å²) in [5.74, 6) is 0.457. The van der Waals surface area contributed by atoms with Crippen molar-refractivity contribution in [3.63, 3.8) is 0 Å². The largest absolute Gasteiger partial charge is 0.411 e. The molecule has 0 aliphatic carbocycles. The summed E-state index contributed by atoms with van der Waals surface area (Å²) < 4.78 is 0. The Morgan fingerprint density at radius 1 is 1.70 bits per heavy atom. The summed E-state index contributed by atoms with van der Waals surface area (Å²) in [6, 6.07) is 0. The first kappa shape index (κ1) is 7.54. The molecule has 1 aliphatic rings. The Labute approximate surface area is 61.3 Å². The van der Waals surface area contributed by atoms with Gasteiger partial charge in [-0.25, -0.2) is 0 Å². The number of nitrogens with zero attached hydrogens (tertiary/aromatic N) is 1. The number of hydrogen-bond acceptors (Lipinski definition) is 2. The van der Waals surface area contributed by atoms with Crippen LogP contribution >= 0.6 is 0 Å². The molecule has 1 heterocycles. The predicted octanol–water partition coefficient (Wildman–Crippen LogP) is -0.629. The summed E-state index contributed by atoms with van der Waals surface area (Å²) >= 11 is 0. The number of nitrogens with one attached hydrogen (secondary N) is 1. The zero-order valence-corrected chi connectivity index (χ0v) is 6.59. The molecule has 3 nitrogen and oxygen atoms in total. The average Bonchev–Trinajstić information content (AvgIpc) is 1.88. The molecule has 2 N–H and O–H groups in total. The van der Waals surface area contributed by atoms with Crippen LogP contribution in [-0.4, -0.2) is 31.1 Å². The summed E-state index contributed by atoms with van der Waals surface area (Å²) in [6.07, 6.45) is 0.948. The molecule has 10 heavy (non-hydrogen) atoms. The molecule has 0 saturated carbocycles. The Hall–Kier alpha value is -0.570. The van der Waals surface area contributed by atoms with Gasteiger partial charge < -0.3 is 10.1 Å². The molecule has 1 saturated heterocycles. The summed E-state index contributed by atoms with van der Waals surface area (Å²) in [7, 11) is 2.17. The summed E-state index contributed by atoms with van der Waals surface area (Å²) in [4.78, 5) is 1.53. The van der Waals surface area contributed by atoms with Crippen LogP contribution in [0.4, 0.5) is 0 Å². The van der Waals surface area contributed by atoms with Gasteiger partial charge in [-0.05, 0) is 0 Å². The maximum atomic E-state index is 8.53. The van der Waals surface area contributed by atoms with E-state index in [1.807, 2.05) is 0 Å². The van der Waals surface area contributed by atoms with E-state index in [0.717, 1.165) is 25.2 Å².